The number of hydrogen-bond acceptors (Lipinski definition) is 3. The molecule has 3 heterocycles. The topological polar surface area (TPSA) is 45.2 Å². The molecule has 4 heteroatoms. The minimum atomic E-state index is -0.107. The van der Waals surface area contributed by atoms with Gasteiger partial charge in [-0.05, 0) is 67.6 Å². The first-order valence-corrected chi connectivity index (χ1v) is 12.8. The van der Waals surface area contributed by atoms with Crippen molar-refractivity contribution in [1.29, 1.82) is 0 Å². The number of fused-ring (bicyclic) bond motifs is 2. The summed E-state index contributed by atoms with van der Waals surface area (Å²) < 4.78 is 0. The Morgan fingerprint density at radius 3 is 2.70 bits per heavy atom. The Labute approximate surface area is 199 Å². The first-order chi connectivity index (χ1) is 15.8. The molecule has 1 aliphatic carbocycles. The van der Waals surface area contributed by atoms with Gasteiger partial charge in [0.2, 0.25) is 5.91 Å². The van der Waals surface area contributed by atoms with Crippen LogP contribution < -0.4 is 5.32 Å². The van der Waals surface area contributed by atoms with Crippen LogP contribution in [-0.4, -0.2) is 41.5 Å². The summed E-state index contributed by atoms with van der Waals surface area (Å²) >= 11 is 0. The number of aryl methyl sites for hydroxylation is 2. The van der Waals surface area contributed by atoms with Crippen molar-refractivity contribution in [1.82, 2.24) is 15.2 Å². The fraction of sp³-hybridized carbons (Fsp3) is 0.586. The van der Waals surface area contributed by atoms with Gasteiger partial charge in [-0.25, -0.2) is 0 Å². The number of amides is 1. The highest BCUT2D eigenvalue weighted by molar-refractivity contribution is 5.82. The Hall–Kier alpha value is -2.20. The Bertz CT molecular complexity index is 1010. The van der Waals surface area contributed by atoms with Crippen LogP contribution in [0.15, 0.2) is 42.5 Å². The number of carbonyl (C=O) groups excluding carboxylic acids is 1. The molecular weight excluding hydrogens is 406 g/mol. The van der Waals surface area contributed by atoms with Gasteiger partial charge < -0.3 is 10.2 Å². The van der Waals surface area contributed by atoms with Crippen molar-refractivity contribution in [2.45, 2.75) is 77.2 Å². The van der Waals surface area contributed by atoms with Gasteiger partial charge in [0.25, 0.3) is 0 Å². The molecule has 1 aromatic heterocycles. The van der Waals surface area contributed by atoms with E-state index in [-0.39, 0.29) is 22.8 Å². The number of likely N-dealkylation sites (tertiary alicyclic amines) is 1. The van der Waals surface area contributed by atoms with Crippen LogP contribution in [0.5, 0.6) is 0 Å². The highest BCUT2D eigenvalue weighted by atomic mass is 16.2. The molecule has 4 nitrogen and oxygen atoms in total. The van der Waals surface area contributed by atoms with E-state index in [2.05, 4.69) is 80.4 Å². The van der Waals surface area contributed by atoms with E-state index >= 15 is 0 Å². The SMILES string of the molecule is Cc1ccc2c(n1)CCC[C@]21CNC[C@H]1C(=O)N1CC[C@@H](c2ccccc2)C[C@H]1C(C)(C)C. The molecule has 1 spiro atoms. The van der Waals surface area contributed by atoms with Crippen LogP contribution in [0.3, 0.4) is 0 Å². The molecule has 5 rings (SSSR count). The maximum Gasteiger partial charge on any atom is 0.228 e. The number of aromatic nitrogens is 1. The van der Waals surface area contributed by atoms with Gasteiger partial charge in [0.1, 0.15) is 0 Å². The zero-order chi connectivity index (χ0) is 23.2. The molecule has 1 aromatic carbocycles. The number of rotatable bonds is 2. The normalized spacial score (nSPS) is 29.8. The Kier molecular flexibility index (Phi) is 5.84. The van der Waals surface area contributed by atoms with Gasteiger partial charge in [-0.2, -0.15) is 0 Å². The quantitative estimate of drug-likeness (QED) is 0.707. The molecule has 3 aliphatic rings. The molecule has 176 valence electrons. The summed E-state index contributed by atoms with van der Waals surface area (Å²) in [6.45, 7) is 11.5. The van der Waals surface area contributed by atoms with Crippen molar-refractivity contribution in [2.24, 2.45) is 11.3 Å². The highest BCUT2D eigenvalue weighted by Gasteiger charge is 2.53. The van der Waals surface area contributed by atoms with Gasteiger partial charge in [-0.15, -0.1) is 0 Å². The molecule has 1 N–H and O–H groups in total. The second kappa shape index (κ2) is 8.54. The lowest BCUT2D eigenvalue weighted by Gasteiger charge is -2.49. The molecule has 0 bridgehead atoms. The van der Waals surface area contributed by atoms with Crippen molar-refractivity contribution in [2.75, 3.05) is 19.6 Å². The predicted octanol–water partition coefficient (Wildman–Crippen LogP) is 5.00. The van der Waals surface area contributed by atoms with Gasteiger partial charge in [0, 0.05) is 42.5 Å². The number of nitrogens with zero attached hydrogens (tertiary/aromatic N) is 2. The Morgan fingerprint density at radius 2 is 1.94 bits per heavy atom. The van der Waals surface area contributed by atoms with E-state index in [4.69, 9.17) is 4.98 Å². The molecule has 0 saturated carbocycles. The van der Waals surface area contributed by atoms with E-state index in [9.17, 15) is 4.79 Å². The zero-order valence-electron chi connectivity index (χ0n) is 20.7. The van der Waals surface area contributed by atoms with E-state index in [1.165, 1.54) is 16.8 Å². The predicted molar refractivity (Wildman–Crippen MR) is 133 cm³/mol. The number of pyridine rings is 1. The summed E-state index contributed by atoms with van der Waals surface area (Å²) in [5, 5.41) is 3.62. The number of nitrogens with one attached hydrogen (secondary N) is 1. The molecule has 2 aliphatic heterocycles. The van der Waals surface area contributed by atoms with Crippen molar-refractivity contribution < 1.29 is 4.79 Å². The number of carbonyl (C=O) groups is 1. The lowest BCUT2D eigenvalue weighted by atomic mass is 9.64. The van der Waals surface area contributed by atoms with Crippen LogP contribution >= 0.6 is 0 Å². The van der Waals surface area contributed by atoms with Crippen LogP contribution in [0.4, 0.5) is 0 Å². The molecule has 4 atom stereocenters. The summed E-state index contributed by atoms with van der Waals surface area (Å²) in [7, 11) is 0. The van der Waals surface area contributed by atoms with Gasteiger partial charge in [-0.3, -0.25) is 9.78 Å². The van der Waals surface area contributed by atoms with Crippen LogP contribution in [0.1, 0.15) is 74.9 Å². The summed E-state index contributed by atoms with van der Waals surface area (Å²) in [4.78, 5) is 21.5. The molecule has 2 fully saturated rings. The van der Waals surface area contributed by atoms with E-state index < -0.39 is 0 Å². The molecule has 33 heavy (non-hydrogen) atoms. The summed E-state index contributed by atoms with van der Waals surface area (Å²) in [5.74, 6) is 0.886. The molecule has 1 amide bonds. The largest absolute Gasteiger partial charge is 0.339 e. The van der Waals surface area contributed by atoms with Crippen LogP contribution in [0.2, 0.25) is 0 Å². The summed E-state index contributed by atoms with van der Waals surface area (Å²) in [6.07, 6.45) is 5.33. The van der Waals surface area contributed by atoms with Crippen LogP contribution in [-0.2, 0) is 16.6 Å². The third kappa shape index (κ3) is 4.01. The van der Waals surface area contributed by atoms with Crippen molar-refractivity contribution >= 4 is 5.91 Å². The smallest absolute Gasteiger partial charge is 0.228 e. The highest BCUT2D eigenvalue weighted by Crippen LogP contribution is 2.47. The zero-order valence-corrected chi connectivity index (χ0v) is 20.7. The summed E-state index contributed by atoms with van der Waals surface area (Å²) in [6, 6.07) is 15.5. The average Bonchev–Trinajstić information content (AvgIpc) is 3.22. The lowest BCUT2D eigenvalue weighted by molar-refractivity contribution is -0.144. The van der Waals surface area contributed by atoms with E-state index in [0.29, 0.717) is 11.8 Å². The molecule has 0 unspecified atom stereocenters. The first-order valence-electron chi connectivity index (χ1n) is 12.8. The minimum absolute atomic E-state index is 0.000758. The maximum atomic E-state index is 14.3. The summed E-state index contributed by atoms with van der Waals surface area (Å²) in [5.41, 5.74) is 4.98. The number of piperidine rings is 1. The molecule has 0 radical (unpaired) electrons. The van der Waals surface area contributed by atoms with Gasteiger partial charge in [0.15, 0.2) is 0 Å². The lowest BCUT2D eigenvalue weighted by Crippen LogP contribution is -2.56. The Balaban J connectivity index is 1.45. The molecule has 2 saturated heterocycles. The Morgan fingerprint density at radius 1 is 1.15 bits per heavy atom. The third-order valence-corrected chi connectivity index (χ3v) is 8.60. The van der Waals surface area contributed by atoms with Gasteiger partial charge >= 0.3 is 0 Å². The second-order valence-corrected chi connectivity index (χ2v) is 11.7. The first kappa shape index (κ1) is 22.6. The van der Waals surface area contributed by atoms with E-state index in [1.54, 1.807) is 0 Å². The third-order valence-electron chi connectivity index (χ3n) is 8.60. The number of hydrogen-bond donors (Lipinski definition) is 1. The van der Waals surface area contributed by atoms with Crippen molar-refractivity contribution in [3.8, 4) is 0 Å². The fourth-order valence-corrected chi connectivity index (χ4v) is 6.87. The van der Waals surface area contributed by atoms with Gasteiger partial charge in [0.05, 0.1) is 5.92 Å². The number of benzene rings is 1. The fourth-order valence-electron chi connectivity index (χ4n) is 6.87. The average molecular weight is 446 g/mol. The van der Waals surface area contributed by atoms with Crippen LogP contribution in [0, 0.1) is 18.3 Å². The molecule has 2 aromatic rings. The molecular formula is C29H39N3O. The second-order valence-electron chi connectivity index (χ2n) is 11.7. The van der Waals surface area contributed by atoms with Crippen molar-refractivity contribution in [3.05, 3.63) is 65.0 Å². The minimum Gasteiger partial charge on any atom is -0.339 e. The standard InChI is InChI=1S/C29H39N3O/c1-20-12-13-23-25(31-20)11-8-15-29(23)19-30-18-24(29)27(33)32-16-14-22(17-26(32)28(2,3)4)21-9-6-5-7-10-21/h5-7,9-10,12-13,22,24,26,30H,8,11,14-19H2,1-4H3/t22-,24+,26+,29+/m1/s1. The van der Waals surface area contributed by atoms with Crippen LogP contribution in [0.25, 0.3) is 0 Å². The maximum absolute atomic E-state index is 14.3. The van der Waals surface area contributed by atoms with Crippen molar-refractivity contribution in [3.63, 3.8) is 0 Å². The van der Waals surface area contributed by atoms with E-state index in [1.807, 2.05) is 0 Å². The monoisotopic (exact) mass is 445 g/mol. The van der Waals surface area contributed by atoms with Gasteiger partial charge in [-0.1, -0.05) is 57.2 Å². The van der Waals surface area contributed by atoms with E-state index in [0.717, 1.165) is 57.4 Å².